The van der Waals surface area contributed by atoms with Crippen molar-refractivity contribution in [3.8, 4) is 17.6 Å². The van der Waals surface area contributed by atoms with Gasteiger partial charge in [0.15, 0.2) is 17.2 Å². The van der Waals surface area contributed by atoms with Crippen LogP contribution in [-0.2, 0) is 26.9 Å². The minimum Gasteiger partial charge on any atom is -0.310 e. The number of halogens is 3. The van der Waals surface area contributed by atoms with E-state index in [2.05, 4.69) is 21.0 Å². The fourth-order valence-electron chi connectivity index (χ4n) is 3.32. The molecule has 0 aliphatic heterocycles. The lowest BCUT2D eigenvalue weighted by molar-refractivity contribution is -0.0328. The van der Waals surface area contributed by atoms with Crippen LogP contribution in [0.15, 0.2) is 34.3 Å². The van der Waals surface area contributed by atoms with Gasteiger partial charge in [-0.1, -0.05) is 4.21 Å². The first-order valence-electron chi connectivity index (χ1n) is 9.24. The predicted octanol–water partition coefficient (Wildman–Crippen LogP) is 4.55. The lowest BCUT2D eigenvalue weighted by Crippen LogP contribution is -2.17. The van der Waals surface area contributed by atoms with Crippen molar-refractivity contribution >= 4 is 33.1 Å². The topological polar surface area (TPSA) is 105 Å². The van der Waals surface area contributed by atoms with Crippen LogP contribution in [0.5, 0.6) is 0 Å². The van der Waals surface area contributed by atoms with E-state index >= 15 is 0 Å². The highest BCUT2D eigenvalue weighted by Crippen LogP contribution is 2.48. The number of pyridine rings is 2. The van der Waals surface area contributed by atoms with Crippen LogP contribution < -0.4 is 0 Å². The molecule has 3 aromatic rings. The van der Waals surface area contributed by atoms with Gasteiger partial charge in [0.1, 0.15) is 11.3 Å². The Morgan fingerprint density at radius 1 is 1.32 bits per heavy atom. The van der Waals surface area contributed by atoms with Crippen LogP contribution in [0, 0.1) is 11.3 Å². The minimum absolute atomic E-state index is 0.0531. The molecule has 7 nitrogen and oxygen atoms in total. The smallest absolute Gasteiger partial charge is 0.310 e. The monoisotopic (exact) mass is 468 g/mol. The average molecular weight is 469 g/mol. The van der Waals surface area contributed by atoms with Gasteiger partial charge in [0.05, 0.1) is 11.5 Å². The van der Waals surface area contributed by atoms with Crippen LogP contribution in [-0.4, -0.2) is 35.3 Å². The Bertz CT molecular complexity index is 1280. The van der Waals surface area contributed by atoms with Crippen molar-refractivity contribution in [2.45, 2.75) is 40.5 Å². The van der Waals surface area contributed by atoms with Crippen LogP contribution in [0.2, 0.25) is 0 Å². The van der Waals surface area contributed by atoms with E-state index < -0.39 is 21.1 Å². The second kappa shape index (κ2) is 7.29. The summed E-state index contributed by atoms with van der Waals surface area (Å²) in [7, 11) is -1.87. The number of alkyl halides is 3. The molecule has 1 unspecified atom stereocenters. The van der Waals surface area contributed by atoms with E-state index in [0.29, 0.717) is 24.1 Å². The van der Waals surface area contributed by atoms with Crippen molar-refractivity contribution in [1.82, 2.24) is 19.5 Å². The van der Waals surface area contributed by atoms with Crippen LogP contribution in [0.3, 0.4) is 0 Å². The molecule has 1 aliphatic rings. The van der Waals surface area contributed by atoms with Gasteiger partial charge < -0.3 is 4.57 Å². The van der Waals surface area contributed by atoms with Crippen molar-refractivity contribution in [3.63, 3.8) is 0 Å². The number of fused-ring (bicyclic) bond motifs is 1. The summed E-state index contributed by atoms with van der Waals surface area (Å²) in [6, 6.07) is 5.04. The highest BCUT2D eigenvalue weighted by atomic mass is 32.3. The molecule has 3 aromatic heterocycles. The molecule has 1 aliphatic carbocycles. The number of imidazole rings is 1. The molecule has 0 spiro atoms. The summed E-state index contributed by atoms with van der Waals surface area (Å²) < 4.78 is 63.1. The quantitative estimate of drug-likeness (QED) is 0.433. The molecule has 0 saturated heterocycles. The zero-order chi connectivity index (χ0) is 22.6. The molecular formula is C19H17F3N5O2S2+. The maximum absolute atomic E-state index is 12.9. The van der Waals surface area contributed by atoms with Gasteiger partial charge in [0.25, 0.3) is 0 Å². The first kappa shape index (κ1) is 21.7. The van der Waals surface area contributed by atoms with Gasteiger partial charge in [0.2, 0.25) is 15.1 Å². The molecule has 4 rings (SSSR count). The molecule has 0 radical (unpaired) electrons. The summed E-state index contributed by atoms with van der Waals surface area (Å²) >= 11 is -0.292. The standard InChI is InChI=1S/C19H16F3N5O2S2/c1-3-31(28,29)14-6-11(18(10-23)4-5-18)8-24-15(14)17-26-13-7-12(30-19(20,21)22)9-25-16(13)27(17)2/h6-9H,3-5H2,1-2H3/p+1. The molecule has 3 heterocycles. The Hall–Kier alpha value is -2.49. The molecule has 0 aromatic carbocycles. The van der Waals surface area contributed by atoms with Crippen LogP contribution in [0.1, 0.15) is 25.3 Å². The number of hydrogen-bond acceptors (Lipinski definition) is 6. The van der Waals surface area contributed by atoms with Crippen molar-refractivity contribution in [2.75, 3.05) is 5.75 Å². The van der Waals surface area contributed by atoms with Gasteiger partial charge in [-0.15, -0.1) is 0 Å². The molecule has 1 N–H and O–H groups in total. The van der Waals surface area contributed by atoms with Crippen molar-refractivity contribution in [1.29, 1.82) is 5.26 Å². The molecule has 31 heavy (non-hydrogen) atoms. The van der Waals surface area contributed by atoms with Gasteiger partial charge in [-0.3, -0.25) is 0 Å². The molecule has 0 bridgehead atoms. The molecule has 1 saturated carbocycles. The van der Waals surface area contributed by atoms with E-state index in [0.717, 1.165) is 6.20 Å². The third-order valence-corrected chi connectivity index (χ3v) is 7.70. The average Bonchev–Trinajstić information content (AvgIpc) is 3.45. The van der Waals surface area contributed by atoms with Crippen molar-refractivity contribution < 1.29 is 21.9 Å². The van der Waals surface area contributed by atoms with Gasteiger partial charge in [-0.25, -0.2) is 15.0 Å². The Labute approximate surface area is 181 Å². The fraction of sp³-hybridized carbons (Fsp3) is 0.368. The van der Waals surface area contributed by atoms with Crippen LogP contribution in [0.4, 0.5) is 13.2 Å². The number of aromatic nitrogens is 4. The van der Waals surface area contributed by atoms with E-state index in [1.165, 1.54) is 22.9 Å². The zero-order valence-electron chi connectivity index (χ0n) is 16.5. The summed E-state index contributed by atoms with van der Waals surface area (Å²) in [5.74, 6) is 0.134. The van der Waals surface area contributed by atoms with E-state index in [9.17, 15) is 27.2 Å². The van der Waals surface area contributed by atoms with Gasteiger partial charge in [-0.05, 0) is 43.2 Å². The number of hydrogen-bond donors (Lipinski definition) is 1. The number of nitriles is 1. The SMILES string of the molecule is CC[S+](=O)(O)c1cc(C2(C#N)CC2)cnc1-c1nc2cc(SC(F)(F)F)cnc2n1C. The van der Waals surface area contributed by atoms with Crippen LogP contribution >= 0.6 is 11.8 Å². The third-order valence-electron chi connectivity index (χ3n) is 5.23. The molecule has 1 fully saturated rings. The fourth-order valence-corrected chi connectivity index (χ4v) is 4.93. The second-order valence-electron chi connectivity index (χ2n) is 7.25. The van der Waals surface area contributed by atoms with E-state index in [1.807, 2.05) is 0 Å². The summed E-state index contributed by atoms with van der Waals surface area (Å²) in [6.45, 7) is 1.56. The number of aryl methyl sites for hydroxylation is 1. The largest absolute Gasteiger partial charge is 0.446 e. The lowest BCUT2D eigenvalue weighted by Gasteiger charge is -2.11. The highest BCUT2D eigenvalue weighted by Gasteiger charge is 2.47. The summed E-state index contributed by atoms with van der Waals surface area (Å²) in [4.78, 5) is 12.8. The Morgan fingerprint density at radius 3 is 2.61 bits per heavy atom. The van der Waals surface area contributed by atoms with E-state index in [1.54, 1.807) is 14.0 Å². The first-order valence-corrected chi connectivity index (χ1v) is 11.7. The van der Waals surface area contributed by atoms with E-state index in [4.69, 9.17) is 0 Å². The molecule has 1 atom stereocenters. The van der Waals surface area contributed by atoms with E-state index in [-0.39, 0.29) is 44.3 Å². The highest BCUT2D eigenvalue weighted by molar-refractivity contribution is 8.00. The van der Waals surface area contributed by atoms with Crippen molar-refractivity contribution in [3.05, 3.63) is 30.1 Å². The molecule has 162 valence electrons. The maximum Gasteiger partial charge on any atom is 0.446 e. The summed E-state index contributed by atoms with van der Waals surface area (Å²) in [5.41, 5.74) is -3.92. The van der Waals surface area contributed by atoms with Gasteiger partial charge >= 0.3 is 5.51 Å². The second-order valence-corrected chi connectivity index (χ2v) is 10.7. The van der Waals surface area contributed by atoms with Gasteiger partial charge in [-0.2, -0.15) is 23.0 Å². The third kappa shape index (κ3) is 3.93. The Morgan fingerprint density at radius 2 is 2.03 bits per heavy atom. The lowest BCUT2D eigenvalue weighted by atomic mass is 9.99. The number of thioether (sulfide) groups is 1. The maximum atomic E-state index is 12.9. The summed E-state index contributed by atoms with van der Waals surface area (Å²) in [5, 5.41) is 9.47. The molecule has 0 amide bonds. The van der Waals surface area contributed by atoms with Crippen molar-refractivity contribution in [2.24, 2.45) is 7.05 Å². The van der Waals surface area contributed by atoms with Crippen LogP contribution in [0.25, 0.3) is 22.7 Å². The minimum atomic E-state index is -4.46. The number of rotatable bonds is 5. The molecular weight excluding hydrogens is 451 g/mol. The Kier molecular flexibility index (Phi) is 5.11. The normalized spacial score (nSPS) is 17.3. The van der Waals surface area contributed by atoms with Gasteiger partial charge in [0, 0.05) is 30.4 Å². The first-order chi connectivity index (χ1) is 14.5. The number of nitrogens with zero attached hydrogens (tertiary/aromatic N) is 5. The summed E-state index contributed by atoms with van der Waals surface area (Å²) in [6.07, 6.45) is 3.91. The zero-order valence-corrected chi connectivity index (χ0v) is 18.1. The Balaban J connectivity index is 1.88. The predicted molar refractivity (Wildman–Crippen MR) is 110 cm³/mol. The molecule has 12 heteroatoms.